The Kier molecular flexibility index (Phi) is 5.40. The second-order valence-electron chi connectivity index (χ2n) is 5.39. The normalized spacial score (nSPS) is 11.7. The van der Waals surface area contributed by atoms with Gasteiger partial charge in [0.25, 0.3) is 0 Å². The number of rotatable bonds is 6. The second kappa shape index (κ2) is 7.90. The Morgan fingerprint density at radius 3 is 2.88 bits per heavy atom. The van der Waals surface area contributed by atoms with E-state index in [-0.39, 0.29) is 6.79 Å². The van der Waals surface area contributed by atoms with Crippen LogP contribution in [0.4, 0.5) is 5.69 Å². The molecule has 0 spiro atoms. The first-order valence-corrected chi connectivity index (χ1v) is 8.34. The summed E-state index contributed by atoms with van der Waals surface area (Å²) in [6.07, 6.45) is 1.73. The van der Waals surface area contributed by atoms with Gasteiger partial charge >= 0.3 is 0 Å². The number of benzene rings is 2. The molecule has 2 aromatic carbocycles. The Balaban J connectivity index is 1.90. The van der Waals surface area contributed by atoms with Gasteiger partial charge in [-0.25, -0.2) is 0 Å². The van der Waals surface area contributed by atoms with Crippen LogP contribution < -0.4 is 24.4 Å². The molecule has 1 heterocycles. The van der Waals surface area contributed by atoms with E-state index in [2.05, 4.69) is 11.9 Å². The van der Waals surface area contributed by atoms with Crippen LogP contribution in [-0.4, -0.2) is 25.6 Å². The standard InChI is InChI=1S/C19H20N2O3S/c1-3-10-22-16-7-5-4-6-14(16)12-21(19(25)20-2)15-8-9-17-18(11-15)24-13-23-17/h3-9,11H,1,10,12-13H2,2H3,(H,20,25). The predicted octanol–water partition coefficient (Wildman–Crippen LogP) is 3.49. The van der Waals surface area contributed by atoms with Crippen molar-refractivity contribution in [1.29, 1.82) is 0 Å². The van der Waals surface area contributed by atoms with Crippen LogP contribution >= 0.6 is 12.2 Å². The van der Waals surface area contributed by atoms with Crippen LogP contribution in [0, 0.1) is 0 Å². The van der Waals surface area contributed by atoms with Gasteiger partial charge in [0.15, 0.2) is 16.6 Å². The van der Waals surface area contributed by atoms with Gasteiger partial charge in [-0.3, -0.25) is 0 Å². The van der Waals surface area contributed by atoms with Gasteiger partial charge in [0.2, 0.25) is 6.79 Å². The zero-order valence-corrected chi connectivity index (χ0v) is 14.8. The zero-order chi connectivity index (χ0) is 17.6. The molecule has 0 radical (unpaired) electrons. The summed E-state index contributed by atoms with van der Waals surface area (Å²) in [5, 5.41) is 3.65. The highest BCUT2D eigenvalue weighted by Crippen LogP contribution is 2.36. The molecule has 130 valence electrons. The van der Waals surface area contributed by atoms with E-state index in [0.29, 0.717) is 18.3 Å². The third kappa shape index (κ3) is 3.85. The fraction of sp³-hybridized carbons (Fsp3) is 0.211. The van der Waals surface area contributed by atoms with Crippen molar-refractivity contribution in [2.75, 3.05) is 25.3 Å². The number of anilines is 1. The molecule has 1 N–H and O–H groups in total. The maximum atomic E-state index is 5.76. The minimum atomic E-state index is 0.244. The number of para-hydroxylation sites is 1. The van der Waals surface area contributed by atoms with Gasteiger partial charge in [-0.15, -0.1) is 0 Å². The first-order chi connectivity index (χ1) is 12.2. The summed E-state index contributed by atoms with van der Waals surface area (Å²) in [5.74, 6) is 2.28. The van der Waals surface area contributed by atoms with E-state index in [0.717, 1.165) is 28.5 Å². The summed E-state index contributed by atoms with van der Waals surface area (Å²) >= 11 is 5.50. The average molecular weight is 356 g/mol. The molecule has 1 aliphatic heterocycles. The van der Waals surface area contributed by atoms with Crippen LogP contribution in [0.25, 0.3) is 0 Å². The topological polar surface area (TPSA) is 43.0 Å². The van der Waals surface area contributed by atoms with E-state index in [4.69, 9.17) is 26.4 Å². The SMILES string of the molecule is C=CCOc1ccccc1CN(C(=S)NC)c1ccc2c(c1)OCO2. The Labute approximate surface area is 152 Å². The summed E-state index contributed by atoms with van der Waals surface area (Å²) < 4.78 is 16.6. The largest absolute Gasteiger partial charge is 0.489 e. The first kappa shape index (κ1) is 17.1. The molecular weight excluding hydrogens is 336 g/mol. The Morgan fingerprint density at radius 2 is 2.08 bits per heavy atom. The van der Waals surface area contributed by atoms with Crippen LogP contribution in [0.15, 0.2) is 55.1 Å². The predicted molar refractivity (Wildman–Crippen MR) is 103 cm³/mol. The van der Waals surface area contributed by atoms with Gasteiger partial charge < -0.3 is 24.4 Å². The van der Waals surface area contributed by atoms with E-state index in [1.807, 2.05) is 54.4 Å². The molecule has 0 aliphatic carbocycles. The van der Waals surface area contributed by atoms with Crippen molar-refractivity contribution in [2.24, 2.45) is 0 Å². The van der Waals surface area contributed by atoms with Crippen molar-refractivity contribution < 1.29 is 14.2 Å². The minimum Gasteiger partial charge on any atom is -0.489 e. The van der Waals surface area contributed by atoms with Gasteiger partial charge in [0.1, 0.15) is 12.4 Å². The number of ether oxygens (including phenoxy) is 3. The zero-order valence-electron chi connectivity index (χ0n) is 14.0. The smallest absolute Gasteiger partial charge is 0.231 e. The van der Waals surface area contributed by atoms with E-state index in [1.54, 1.807) is 6.08 Å². The molecule has 25 heavy (non-hydrogen) atoms. The van der Waals surface area contributed by atoms with Gasteiger partial charge in [-0.1, -0.05) is 30.9 Å². The van der Waals surface area contributed by atoms with Crippen molar-refractivity contribution in [2.45, 2.75) is 6.54 Å². The first-order valence-electron chi connectivity index (χ1n) is 7.93. The highest BCUT2D eigenvalue weighted by molar-refractivity contribution is 7.80. The lowest BCUT2D eigenvalue weighted by molar-refractivity contribution is 0.174. The lowest BCUT2D eigenvalue weighted by atomic mass is 10.1. The summed E-state index contributed by atoms with van der Waals surface area (Å²) in [7, 11) is 1.81. The van der Waals surface area contributed by atoms with Crippen molar-refractivity contribution in [3.8, 4) is 17.2 Å². The number of hydrogen-bond donors (Lipinski definition) is 1. The monoisotopic (exact) mass is 356 g/mol. The van der Waals surface area contributed by atoms with Crippen LogP contribution in [0.2, 0.25) is 0 Å². The lowest BCUT2D eigenvalue weighted by Crippen LogP contribution is -2.37. The van der Waals surface area contributed by atoms with Gasteiger partial charge in [-0.05, 0) is 30.4 Å². The maximum Gasteiger partial charge on any atom is 0.231 e. The van der Waals surface area contributed by atoms with Crippen LogP contribution in [-0.2, 0) is 6.54 Å². The number of nitrogens with zero attached hydrogens (tertiary/aromatic N) is 1. The Morgan fingerprint density at radius 1 is 1.28 bits per heavy atom. The molecule has 0 unspecified atom stereocenters. The Hall–Kier alpha value is -2.73. The second-order valence-corrected chi connectivity index (χ2v) is 5.77. The Bertz CT molecular complexity index is 779. The van der Waals surface area contributed by atoms with E-state index in [9.17, 15) is 0 Å². The number of nitrogens with one attached hydrogen (secondary N) is 1. The minimum absolute atomic E-state index is 0.244. The molecule has 0 saturated heterocycles. The van der Waals surface area contributed by atoms with E-state index >= 15 is 0 Å². The van der Waals surface area contributed by atoms with E-state index < -0.39 is 0 Å². The molecule has 0 amide bonds. The van der Waals surface area contributed by atoms with Crippen LogP contribution in [0.5, 0.6) is 17.2 Å². The fourth-order valence-electron chi connectivity index (χ4n) is 2.56. The molecular formula is C19H20N2O3S. The number of thiocarbonyl (C=S) groups is 1. The maximum absolute atomic E-state index is 5.76. The van der Waals surface area contributed by atoms with Gasteiger partial charge in [-0.2, -0.15) is 0 Å². The van der Waals surface area contributed by atoms with Crippen molar-refractivity contribution >= 4 is 23.0 Å². The number of hydrogen-bond acceptors (Lipinski definition) is 4. The molecule has 2 aromatic rings. The van der Waals surface area contributed by atoms with Crippen molar-refractivity contribution in [3.05, 3.63) is 60.7 Å². The van der Waals surface area contributed by atoms with Gasteiger partial charge in [0, 0.05) is 24.4 Å². The van der Waals surface area contributed by atoms with Crippen LogP contribution in [0.3, 0.4) is 0 Å². The van der Waals surface area contributed by atoms with Crippen molar-refractivity contribution in [1.82, 2.24) is 5.32 Å². The molecule has 3 rings (SSSR count). The molecule has 0 aromatic heterocycles. The molecule has 0 saturated carbocycles. The fourth-order valence-corrected chi connectivity index (χ4v) is 2.73. The average Bonchev–Trinajstić information content (AvgIpc) is 3.12. The van der Waals surface area contributed by atoms with Gasteiger partial charge in [0.05, 0.1) is 6.54 Å². The molecule has 0 bridgehead atoms. The number of fused-ring (bicyclic) bond motifs is 1. The van der Waals surface area contributed by atoms with Crippen molar-refractivity contribution in [3.63, 3.8) is 0 Å². The third-order valence-corrected chi connectivity index (χ3v) is 4.21. The third-order valence-electron chi connectivity index (χ3n) is 3.78. The quantitative estimate of drug-likeness (QED) is 0.631. The molecule has 0 fully saturated rings. The summed E-state index contributed by atoms with van der Waals surface area (Å²) in [6, 6.07) is 13.7. The molecule has 6 heteroatoms. The molecule has 1 aliphatic rings. The van der Waals surface area contributed by atoms with E-state index in [1.165, 1.54) is 0 Å². The molecule has 0 atom stereocenters. The summed E-state index contributed by atoms with van der Waals surface area (Å²) in [4.78, 5) is 1.99. The highest BCUT2D eigenvalue weighted by Gasteiger charge is 2.19. The summed E-state index contributed by atoms with van der Waals surface area (Å²) in [5.41, 5.74) is 1.95. The highest BCUT2D eigenvalue weighted by atomic mass is 32.1. The van der Waals surface area contributed by atoms with Crippen LogP contribution in [0.1, 0.15) is 5.56 Å². The molecule has 5 nitrogen and oxygen atoms in total. The summed E-state index contributed by atoms with van der Waals surface area (Å²) in [6.45, 7) is 4.96. The lowest BCUT2D eigenvalue weighted by Gasteiger charge is -2.26.